The van der Waals surface area contributed by atoms with Crippen LogP contribution in [0.25, 0.3) is 0 Å². The van der Waals surface area contributed by atoms with Crippen molar-refractivity contribution in [3.05, 3.63) is 85.0 Å². The van der Waals surface area contributed by atoms with E-state index in [9.17, 15) is 0 Å². The summed E-state index contributed by atoms with van der Waals surface area (Å²) in [5.41, 5.74) is 2.79. The molecule has 0 aromatic heterocycles. The van der Waals surface area contributed by atoms with Gasteiger partial charge in [0.05, 0.1) is 0 Å². The summed E-state index contributed by atoms with van der Waals surface area (Å²) < 4.78 is 0. The molecule has 0 radical (unpaired) electrons. The molecule has 4 bridgehead atoms. The van der Waals surface area contributed by atoms with Crippen molar-refractivity contribution in [1.29, 1.82) is 0 Å². The minimum absolute atomic E-state index is 0.663. The first-order chi connectivity index (χ1) is 13.9. The molecule has 144 valence electrons. The highest BCUT2D eigenvalue weighted by Gasteiger charge is 2.34. The minimum atomic E-state index is 0.663. The van der Waals surface area contributed by atoms with Crippen LogP contribution in [0, 0.1) is 0 Å². The monoisotopic (exact) mass is 370 g/mol. The lowest BCUT2D eigenvalue weighted by Gasteiger charge is -2.33. The highest BCUT2D eigenvalue weighted by atomic mass is 15.2. The summed E-state index contributed by atoms with van der Waals surface area (Å²) in [6, 6.07) is 24.5. The van der Waals surface area contributed by atoms with Crippen LogP contribution in [0.1, 0.15) is 38.5 Å². The molecular formula is C26H30N2. The maximum absolute atomic E-state index is 2.58. The van der Waals surface area contributed by atoms with Crippen molar-refractivity contribution >= 4 is 11.4 Å². The van der Waals surface area contributed by atoms with Gasteiger partial charge in [0.15, 0.2) is 0 Å². The number of rotatable bonds is 2. The molecule has 4 heterocycles. The van der Waals surface area contributed by atoms with E-state index in [1.807, 2.05) is 0 Å². The first-order valence-electron chi connectivity index (χ1n) is 10.9. The van der Waals surface area contributed by atoms with Crippen molar-refractivity contribution in [2.45, 2.75) is 62.7 Å². The Bertz CT molecular complexity index is 755. The Balaban J connectivity index is 0.000000122. The smallest absolute Gasteiger partial charge is 0.0477 e. The van der Waals surface area contributed by atoms with Gasteiger partial charge in [0.1, 0.15) is 0 Å². The predicted octanol–water partition coefficient (Wildman–Crippen LogP) is 5.97. The molecule has 0 aliphatic carbocycles. The summed E-state index contributed by atoms with van der Waals surface area (Å²) >= 11 is 0. The summed E-state index contributed by atoms with van der Waals surface area (Å²) in [6.45, 7) is 0. The lowest BCUT2D eigenvalue weighted by Crippen LogP contribution is -2.37. The van der Waals surface area contributed by atoms with Crippen LogP contribution < -0.4 is 9.80 Å². The molecule has 6 rings (SSSR count). The Morgan fingerprint density at radius 2 is 0.964 bits per heavy atom. The number of para-hydroxylation sites is 2. The van der Waals surface area contributed by atoms with E-state index >= 15 is 0 Å². The molecule has 0 N–H and O–H groups in total. The third kappa shape index (κ3) is 3.37. The van der Waals surface area contributed by atoms with Gasteiger partial charge in [0, 0.05) is 35.5 Å². The summed E-state index contributed by atoms with van der Waals surface area (Å²) in [7, 11) is 0. The van der Waals surface area contributed by atoms with Crippen molar-refractivity contribution in [2.24, 2.45) is 0 Å². The molecule has 0 spiro atoms. The Morgan fingerprint density at radius 3 is 1.36 bits per heavy atom. The van der Waals surface area contributed by atoms with Gasteiger partial charge in [-0.25, -0.2) is 0 Å². The molecule has 4 aliphatic heterocycles. The average Bonchev–Trinajstić information content (AvgIpc) is 3.16. The molecule has 2 aromatic carbocycles. The molecule has 2 fully saturated rings. The lowest BCUT2D eigenvalue weighted by atomic mass is 10.1. The quantitative estimate of drug-likeness (QED) is 0.601. The Hall–Kier alpha value is -2.48. The van der Waals surface area contributed by atoms with Gasteiger partial charge >= 0.3 is 0 Å². The van der Waals surface area contributed by atoms with Crippen LogP contribution in [0.3, 0.4) is 0 Å². The minimum Gasteiger partial charge on any atom is -0.362 e. The Labute approximate surface area is 169 Å². The first-order valence-corrected chi connectivity index (χ1v) is 10.9. The van der Waals surface area contributed by atoms with E-state index in [-0.39, 0.29) is 0 Å². The Kier molecular flexibility index (Phi) is 4.95. The first kappa shape index (κ1) is 17.6. The summed E-state index contributed by atoms with van der Waals surface area (Å²) in [4.78, 5) is 5.17. The SMILES string of the molecule is C1=C[C@@H]2CC[C@H](C1)N2c1ccccc1.C1=C[C@H]2CC[C@@H](C1)N2c1ccccc1. The van der Waals surface area contributed by atoms with Gasteiger partial charge in [-0.2, -0.15) is 0 Å². The molecule has 28 heavy (non-hydrogen) atoms. The van der Waals surface area contributed by atoms with E-state index in [1.54, 1.807) is 0 Å². The van der Waals surface area contributed by atoms with Gasteiger partial charge in [-0.1, -0.05) is 60.7 Å². The van der Waals surface area contributed by atoms with Gasteiger partial charge in [0.25, 0.3) is 0 Å². The van der Waals surface area contributed by atoms with Gasteiger partial charge in [-0.05, 0) is 62.8 Å². The van der Waals surface area contributed by atoms with Crippen LogP contribution in [0.5, 0.6) is 0 Å². The van der Waals surface area contributed by atoms with Crippen LogP contribution >= 0.6 is 0 Å². The van der Waals surface area contributed by atoms with Crippen molar-refractivity contribution in [3.63, 3.8) is 0 Å². The lowest BCUT2D eigenvalue weighted by molar-refractivity contribution is 0.649. The molecule has 2 saturated heterocycles. The molecule has 2 aromatic rings. The second kappa shape index (κ2) is 7.87. The van der Waals surface area contributed by atoms with E-state index in [1.165, 1.54) is 49.9 Å². The third-order valence-corrected chi connectivity index (χ3v) is 6.73. The van der Waals surface area contributed by atoms with E-state index in [2.05, 4.69) is 94.8 Å². The van der Waals surface area contributed by atoms with Gasteiger partial charge < -0.3 is 9.80 Å². The van der Waals surface area contributed by atoms with E-state index in [4.69, 9.17) is 0 Å². The van der Waals surface area contributed by atoms with Crippen LogP contribution in [-0.2, 0) is 0 Å². The van der Waals surface area contributed by atoms with Crippen molar-refractivity contribution in [1.82, 2.24) is 0 Å². The molecular weight excluding hydrogens is 340 g/mol. The van der Waals surface area contributed by atoms with Crippen LogP contribution in [0.4, 0.5) is 11.4 Å². The van der Waals surface area contributed by atoms with Crippen molar-refractivity contribution in [3.8, 4) is 0 Å². The van der Waals surface area contributed by atoms with Gasteiger partial charge in [-0.15, -0.1) is 0 Å². The molecule has 0 amide bonds. The zero-order chi connectivity index (χ0) is 18.8. The number of anilines is 2. The van der Waals surface area contributed by atoms with E-state index in [0.29, 0.717) is 12.1 Å². The third-order valence-electron chi connectivity index (χ3n) is 6.73. The maximum Gasteiger partial charge on any atom is 0.0477 e. The summed E-state index contributed by atoms with van der Waals surface area (Å²) in [6.07, 6.45) is 17.3. The zero-order valence-electron chi connectivity index (χ0n) is 16.5. The number of hydrogen-bond donors (Lipinski definition) is 0. The number of hydrogen-bond acceptors (Lipinski definition) is 2. The van der Waals surface area contributed by atoms with Crippen molar-refractivity contribution in [2.75, 3.05) is 9.80 Å². The number of benzene rings is 2. The number of nitrogens with zero attached hydrogens (tertiary/aromatic N) is 2. The second-order valence-electron chi connectivity index (χ2n) is 8.41. The van der Waals surface area contributed by atoms with Crippen LogP contribution in [0.15, 0.2) is 85.0 Å². The molecule has 2 heteroatoms. The number of fused-ring (bicyclic) bond motifs is 4. The highest BCUT2D eigenvalue weighted by molar-refractivity contribution is 5.52. The fraction of sp³-hybridized carbons (Fsp3) is 0.385. The fourth-order valence-corrected chi connectivity index (χ4v) is 5.46. The Morgan fingerprint density at radius 1 is 0.536 bits per heavy atom. The van der Waals surface area contributed by atoms with Gasteiger partial charge in [-0.3, -0.25) is 0 Å². The molecule has 2 nitrogen and oxygen atoms in total. The molecule has 0 saturated carbocycles. The average molecular weight is 371 g/mol. The second-order valence-corrected chi connectivity index (χ2v) is 8.41. The topological polar surface area (TPSA) is 6.48 Å². The normalized spacial score (nSPS) is 29.6. The van der Waals surface area contributed by atoms with Crippen molar-refractivity contribution < 1.29 is 0 Å². The summed E-state index contributed by atoms with van der Waals surface area (Å²) in [5, 5.41) is 0. The standard InChI is InChI=1S/2C13H15N/c2*1-2-5-11(6-3-1)14-12-7-4-8-13(14)10-9-12/h2*1-7,12-13H,8-10H2/t2*12-,13+/m10/s1. The van der Waals surface area contributed by atoms with E-state index in [0.717, 1.165) is 12.1 Å². The highest BCUT2D eigenvalue weighted by Crippen LogP contribution is 2.36. The predicted molar refractivity (Wildman–Crippen MR) is 119 cm³/mol. The van der Waals surface area contributed by atoms with Crippen LogP contribution in [-0.4, -0.2) is 24.2 Å². The van der Waals surface area contributed by atoms with Gasteiger partial charge in [0.2, 0.25) is 0 Å². The zero-order valence-corrected chi connectivity index (χ0v) is 16.5. The maximum atomic E-state index is 2.58. The summed E-state index contributed by atoms with van der Waals surface area (Å²) in [5.74, 6) is 0. The molecule has 4 aliphatic rings. The molecule has 0 unspecified atom stereocenters. The fourth-order valence-electron chi connectivity index (χ4n) is 5.46. The molecule has 4 atom stereocenters. The van der Waals surface area contributed by atoms with Crippen LogP contribution in [0.2, 0.25) is 0 Å². The largest absolute Gasteiger partial charge is 0.362 e. The van der Waals surface area contributed by atoms with E-state index < -0.39 is 0 Å².